The Hall–Kier alpha value is -2.30. The third kappa shape index (κ3) is 18.8. The van der Waals surface area contributed by atoms with E-state index in [0.29, 0.717) is 6.54 Å². The molecule has 0 aliphatic heterocycles. The van der Waals surface area contributed by atoms with Crippen molar-refractivity contribution in [3.63, 3.8) is 0 Å². The Labute approximate surface area is 177 Å². The number of carbonyl (C=O) groups excluding carboxylic acids is 1. The van der Waals surface area contributed by atoms with E-state index in [1.165, 1.54) is 32.7 Å². The van der Waals surface area contributed by atoms with Gasteiger partial charge in [-0.15, -0.1) is 0 Å². The van der Waals surface area contributed by atoms with E-state index in [2.05, 4.69) is 60.8 Å². The molecule has 5 heteroatoms. The van der Waals surface area contributed by atoms with Gasteiger partial charge in [0.1, 0.15) is 6.54 Å². The van der Waals surface area contributed by atoms with Crippen molar-refractivity contribution in [2.75, 3.05) is 20.1 Å². The molecule has 2 N–H and O–H groups in total. The van der Waals surface area contributed by atoms with Gasteiger partial charge in [0, 0.05) is 13.6 Å². The monoisotopic (exact) mass is 404 g/mol. The Bertz CT molecular complexity index is 536. The lowest BCUT2D eigenvalue weighted by molar-refractivity contribution is -0.121. The lowest BCUT2D eigenvalue weighted by Gasteiger charge is -2.17. The van der Waals surface area contributed by atoms with Gasteiger partial charge in [0.2, 0.25) is 5.91 Å². The number of carbonyl (C=O) groups is 2. The van der Waals surface area contributed by atoms with Gasteiger partial charge in [-0.25, -0.2) is 4.79 Å². The SMILES string of the molecule is CCCCC/C=C\C/C=C\C/C=C\C/C=C\CCCCN(CC(=O)NC)C(=O)O. The molecule has 0 aliphatic carbocycles. The summed E-state index contributed by atoms with van der Waals surface area (Å²) in [7, 11) is 1.51. The number of unbranched alkanes of at least 4 members (excludes halogenated alkanes) is 5. The zero-order valence-electron chi connectivity index (χ0n) is 18.3. The number of likely N-dealkylation sites (N-methyl/N-ethyl adjacent to an activating group) is 1. The maximum Gasteiger partial charge on any atom is 0.407 e. The fourth-order valence-electron chi connectivity index (χ4n) is 2.62. The molecule has 0 atom stereocenters. The fraction of sp³-hybridized carbons (Fsp3) is 0.583. The maximum absolute atomic E-state index is 11.3. The number of hydrogen-bond acceptors (Lipinski definition) is 2. The minimum Gasteiger partial charge on any atom is -0.465 e. The van der Waals surface area contributed by atoms with E-state index in [1.807, 2.05) is 0 Å². The molecule has 29 heavy (non-hydrogen) atoms. The molecule has 164 valence electrons. The largest absolute Gasteiger partial charge is 0.465 e. The highest BCUT2D eigenvalue weighted by Gasteiger charge is 2.14. The normalized spacial score (nSPS) is 11.9. The third-order valence-corrected chi connectivity index (χ3v) is 4.39. The predicted octanol–water partition coefficient (Wildman–Crippen LogP) is 5.86. The molecule has 0 radical (unpaired) electrons. The Morgan fingerprint density at radius 2 is 1.28 bits per heavy atom. The van der Waals surface area contributed by atoms with Gasteiger partial charge in [0.25, 0.3) is 0 Å². The first-order chi connectivity index (χ1) is 14.1. The van der Waals surface area contributed by atoms with Crippen LogP contribution in [0.15, 0.2) is 48.6 Å². The van der Waals surface area contributed by atoms with E-state index >= 15 is 0 Å². The summed E-state index contributed by atoms with van der Waals surface area (Å²) < 4.78 is 0. The Morgan fingerprint density at radius 1 is 0.793 bits per heavy atom. The molecule has 0 saturated heterocycles. The number of carboxylic acid groups (broad SMARTS) is 1. The molecule has 0 aromatic heterocycles. The first-order valence-electron chi connectivity index (χ1n) is 10.9. The van der Waals surface area contributed by atoms with Gasteiger partial charge in [-0.2, -0.15) is 0 Å². The summed E-state index contributed by atoms with van der Waals surface area (Å²) in [5.41, 5.74) is 0. The second kappa shape index (κ2) is 20.4. The van der Waals surface area contributed by atoms with Gasteiger partial charge >= 0.3 is 6.09 Å². The van der Waals surface area contributed by atoms with Crippen LogP contribution in [0.25, 0.3) is 0 Å². The molecule has 0 fully saturated rings. The standard InChI is InChI=1S/C24H40N2O3/c1-3-4-5-6-7-8-9-10-11-12-13-14-15-16-17-18-19-20-21-26(24(28)29)22-23(27)25-2/h7-8,10-11,13-14,16-17H,3-6,9,12,15,18-22H2,1-2H3,(H,25,27)(H,28,29)/b8-7-,11-10-,14-13-,17-16-. The second-order valence-electron chi connectivity index (χ2n) is 6.96. The van der Waals surface area contributed by atoms with E-state index < -0.39 is 6.09 Å². The van der Waals surface area contributed by atoms with Gasteiger partial charge in [-0.1, -0.05) is 68.4 Å². The van der Waals surface area contributed by atoms with Crippen molar-refractivity contribution in [3.8, 4) is 0 Å². The van der Waals surface area contributed by atoms with Crippen LogP contribution in [0.2, 0.25) is 0 Å². The molecule has 0 rings (SSSR count). The number of hydrogen-bond donors (Lipinski definition) is 2. The molecule has 0 unspecified atom stereocenters. The highest BCUT2D eigenvalue weighted by Crippen LogP contribution is 2.02. The summed E-state index contributed by atoms with van der Waals surface area (Å²) in [5.74, 6) is -0.284. The molecule has 0 heterocycles. The number of rotatable bonds is 17. The van der Waals surface area contributed by atoms with E-state index in [9.17, 15) is 9.59 Å². The van der Waals surface area contributed by atoms with Crippen LogP contribution in [0.3, 0.4) is 0 Å². The van der Waals surface area contributed by atoms with Gasteiger partial charge in [0.15, 0.2) is 0 Å². The van der Waals surface area contributed by atoms with Crippen LogP contribution in [-0.2, 0) is 4.79 Å². The molecule has 5 nitrogen and oxygen atoms in total. The van der Waals surface area contributed by atoms with Gasteiger partial charge < -0.3 is 10.4 Å². The van der Waals surface area contributed by atoms with Crippen LogP contribution < -0.4 is 5.32 Å². The maximum atomic E-state index is 11.3. The quantitative estimate of drug-likeness (QED) is 0.236. The Kier molecular flexibility index (Phi) is 18.8. The van der Waals surface area contributed by atoms with Crippen molar-refractivity contribution in [1.82, 2.24) is 10.2 Å². The smallest absolute Gasteiger partial charge is 0.407 e. The number of nitrogens with zero attached hydrogens (tertiary/aromatic N) is 1. The predicted molar refractivity (Wildman–Crippen MR) is 122 cm³/mol. The second-order valence-corrected chi connectivity index (χ2v) is 6.96. The van der Waals surface area contributed by atoms with E-state index in [0.717, 1.165) is 43.4 Å². The summed E-state index contributed by atoms with van der Waals surface area (Å²) in [6.45, 7) is 2.51. The first kappa shape index (κ1) is 26.7. The number of nitrogens with one attached hydrogen (secondary N) is 1. The Balaban J connectivity index is 3.66. The van der Waals surface area contributed by atoms with E-state index in [1.54, 1.807) is 0 Å². The number of amides is 2. The van der Waals surface area contributed by atoms with E-state index in [-0.39, 0.29) is 12.5 Å². The molecule has 0 aromatic rings. The minimum atomic E-state index is -1.05. The average Bonchev–Trinajstić information content (AvgIpc) is 2.71. The summed E-state index contributed by atoms with van der Waals surface area (Å²) in [5, 5.41) is 11.5. The zero-order chi connectivity index (χ0) is 21.6. The lowest BCUT2D eigenvalue weighted by Crippen LogP contribution is -2.39. The van der Waals surface area contributed by atoms with Crippen molar-refractivity contribution in [3.05, 3.63) is 48.6 Å². The van der Waals surface area contributed by atoms with Gasteiger partial charge in [-0.3, -0.25) is 9.69 Å². The molecule has 0 aliphatic rings. The summed E-state index contributed by atoms with van der Waals surface area (Å²) in [6.07, 6.45) is 27.1. The average molecular weight is 405 g/mol. The lowest BCUT2D eigenvalue weighted by atomic mass is 10.2. The summed E-state index contributed by atoms with van der Waals surface area (Å²) >= 11 is 0. The highest BCUT2D eigenvalue weighted by molar-refractivity contribution is 5.81. The molecule has 2 amide bonds. The highest BCUT2D eigenvalue weighted by atomic mass is 16.4. The summed E-state index contributed by atoms with van der Waals surface area (Å²) in [4.78, 5) is 23.5. The van der Waals surface area contributed by atoms with Crippen LogP contribution >= 0.6 is 0 Å². The van der Waals surface area contributed by atoms with Crippen molar-refractivity contribution < 1.29 is 14.7 Å². The van der Waals surface area contributed by atoms with Crippen molar-refractivity contribution in [2.24, 2.45) is 0 Å². The fourth-order valence-corrected chi connectivity index (χ4v) is 2.62. The molecule has 0 saturated carbocycles. The van der Waals surface area contributed by atoms with Crippen molar-refractivity contribution in [1.29, 1.82) is 0 Å². The molecule has 0 aromatic carbocycles. The van der Waals surface area contributed by atoms with Gasteiger partial charge in [-0.05, 0) is 51.4 Å². The van der Waals surface area contributed by atoms with Crippen LogP contribution in [0.1, 0.15) is 71.1 Å². The topological polar surface area (TPSA) is 69.6 Å². The van der Waals surface area contributed by atoms with Crippen molar-refractivity contribution in [2.45, 2.75) is 71.1 Å². The molecule has 0 bridgehead atoms. The Morgan fingerprint density at radius 3 is 1.72 bits per heavy atom. The van der Waals surface area contributed by atoms with Gasteiger partial charge in [0.05, 0.1) is 0 Å². The minimum absolute atomic E-state index is 0.101. The number of allylic oxidation sites excluding steroid dienone is 8. The summed E-state index contributed by atoms with van der Waals surface area (Å²) in [6, 6.07) is 0. The molecule has 0 spiro atoms. The van der Waals surface area contributed by atoms with Crippen LogP contribution in [0.4, 0.5) is 4.79 Å². The molecular weight excluding hydrogens is 364 g/mol. The van der Waals surface area contributed by atoms with Crippen molar-refractivity contribution >= 4 is 12.0 Å². The zero-order valence-corrected chi connectivity index (χ0v) is 18.3. The van der Waals surface area contributed by atoms with Crippen LogP contribution in [-0.4, -0.2) is 42.1 Å². The van der Waals surface area contributed by atoms with Crippen LogP contribution in [0.5, 0.6) is 0 Å². The molecular formula is C24H40N2O3. The first-order valence-corrected chi connectivity index (χ1v) is 10.9. The third-order valence-electron chi connectivity index (χ3n) is 4.39. The van der Waals surface area contributed by atoms with E-state index in [4.69, 9.17) is 5.11 Å². The van der Waals surface area contributed by atoms with Crippen LogP contribution in [0, 0.1) is 0 Å².